The highest BCUT2D eigenvalue weighted by Crippen LogP contribution is 2.52. The van der Waals surface area contributed by atoms with Gasteiger partial charge in [0.05, 0.1) is 22.1 Å². The number of rotatable bonds is 5. The van der Waals surface area contributed by atoms with E-state index in [1.807, 2.05) is 0 Å². The zero-order valence-electron chi connectivity index (χ0n) is 34.6. The number of allylic oxidation sites excluding steroid dienone is 4. The first-order chi connectivity index (χ1) is 30.5. The van der Waals surface area contributed by atoms with Gasteiger partial charge in [-0.3, -0.25) is 0 Å². The topological polar surface area (TPSA) is 21.3 Å². The van der Waals surface area contributed by atoms with Gasteiger partial charge in [0, 0.05) is 49.9 Å². The number of furan rings is 1. The van der Waals surface area contributed by atoms with Gasteiger partial charge in [0.1, 0.15) is 11.2 Å². The van der Waals surface area contributed by atoms with Gasteiger partial charge in [-0.1, -0.05) is 159 Å². The second-order valence-corrected chi connectivity index (χ2v) is 17.6. The van der Waals surface area contributed by atoms with E-state index >= 15 is 0 Å². The molecule has 0 fully saturated rings. The van der Waals surface area contributed by atoms with Crippen LogP contribution in [0.3, 0.4) is 0 Å². The van der Waals surface area contributed by atoms with Crippen LogP contribution in [0.25, 0.3) is 82.1 Å². The van der Waals surface area contributed by atoms with Crippen LogP contribution in [0.1, 0.15) is 42.9 Å². The molecule has 3 nitrogen and oxygen atoms in total. The van der Waals surface area contributed by atoms with Crippen molar-refractivity contribution in [3.8, 4) is 11.1 Å². The SMILES string of the molecule is CC1(C)c2ccccc2-c2ccc(N(c3ccc(C4CC=CC=C4n4c5ccccc5c5ccccc54)cc3)c3cccc4oc5c6ccccc6c6ccccc6c5c34)cc21. The van der Waals surface area contributed by atoms with Crippen molar-refractivity contribution in [1.82, 2.24) is 4.57 Å². The van der Waals surface area contributed by atoms with E-state index in [2.05, 4.69) is 224 Å². The highest BCUT2D eigenvalue weighted by Gasteiger charge is 2.36. The molecule has 0 amide bonds. The maximum absolute atomic E-state index is 6.95. The van der Waals surface area contributed by atoms with Gasteiger partial charge in [-0.25, -0.2) is 0 Å². The van der Waals surface area contributed by atoms with E-state index in [1.165, 1.54) is 71.5 Å². The molecule has 0 saturated carbocycles. The van der Waals surface area contributed by atoms with Gasteiger partial charge in [0.15, 0.2) is 0 Å². The van der Waals surface area contributed by atoms with Crippen LogP contribution in [0.5, 0.6) is 0 Å². The Morgan fingerprint density at radius 2 is 1.15 bits per heavy atom. The minimum absolute atomic E-state index is 0.148. The predicted molar refractivity (Wildman–Crippen MR) is 261 cm³/mol. The van der Waals surface area contributed by atoms with E-state index in [-0.39, 0.29) is 11.3 Å². The fourth-order valence-electron chi connectivity index (χ4n) is 11.1. The third kappa shape index (κ3) is 4.94. The molecule has 62 heavy (non-hydrogen) atoms. The Morgan fingerprint density at radius 1 is 0.532 bits per heavy atom. The number of benzene rings is 9. The standard InChI is InChI=1S/C59H42N2O/c1-59(2)49-24-11-7-19-43(49)44-35-34-39(36-50(44)59)60(54-28-15-29-55-57(54)56-47-22-5-3-17-41(47)42-18-4-6-23-48(42)58(56)62-55)38-32-30-37(31-33-38)40-16-8-12-25-51(40)61-52-26-13-9-20-45(52)46-21-10-14-27-53(46)61/h3-15,17-36,40H,16H2,1-2H3. The molecular weight excluding hydrogens is 753 g/mol. The van der Waals surface area contributed by atoms with Crippen LogP contribution in [0.15, 0.2) is 205 Å². The summed E-state index contributed by atoms with van der Waals surface area (Å²) in [6, 6.07) is 67.0. The third-order valence-corrected chi connectivity index (χ3v) is 13.9. The minimum Gasteiger partial charge on any atom is -0.455 e. The molecule has 0 N–H and O–H groups in total. The highest BCUT2D eigenvalue weighted by atomic mass is 16.3. The molecule has 294 valence electrons. The van der Waals surface area contributed by atoms with Crippen molar-refractivity contribution in [3.05, 3.63) is 217 Å². The largest absolute Gasteiger partial charge is 0.455 e. The zero-order chi connectivity index (χ0) is 41.1. The van der Waals surface area contributed by atoms with Crippen molar-refractivity contribution in [2.24, 2.45) is 0 Å². The Bertz CT molecular complexity index is 3650. The summed E-state index contributed by atoms with van der Waals surface area (Å²) in [7, 11) is 0. The Balaban J connectivity index is 1.02. The van der Waals surface area contributed by atoms with Crippen LogP contribution in [0, 0.1) is 0 Å². The van der Waals surface area contributed by atoms with Crippen molar-refractivity contribution in [2.75, 3.05) is 4.90 Å². The van der Waals surface area contributed by atoms with E-state index < -0.39 is 0 Å². The second kappa shape index (κ2) is 13.2. The summed E-state index contributed by atoms with van der Waals surface area (Å²) in [5.74, 6) is 0.182. The lowest BCUT2D eigenvalue weighted by Gasteiger charge is -2.29. The monoisotopic (exact) mass is 794 g/mol. The molecule has 1 unspecified atom stereocenters. The fraction of sp³-hybridized carbons (Fsp3) is 0.0847. The number of hydrogen-bond acceptors (Lipinski definition) is 2. The van der Waals surface area contributed by atoms with Gasteiger partial charge in [-0.15, -0.1) is 0 Å². The van der Waals surface area contributed by atoms with Crippen molar-refractivity contribution >= 4 is 88.0 Å². The Kier molecular flexibility index (Phi) is 7.48. The van der Waals surface area contributed by atoms with Crippen molar-refractivity contribution in [1.29, 1.82) is 0 Å². The summed E-state index contributed by atoms with van der Waals surface area (Å²) in [6.45, 7) is 4.73. The Labute approximate surface area is 360 Å². The molecule has 0 aliphatic heterocycles. The first kappa shape index (κ1) is 35.2. The van der Waals surface area contributed by atoms with Gasteiger partial charge in [-0.05, 0) is 105 Å². The first-order valence-electron chi connectivity index (χ1n) is 21.8. The Hall–Kier alpha value is -7.62. The molecule has 11 aromatic rings. The summed E-state index contributed by atoms with van der Waals surface area (Å²) in [6.07, 6.45) is 7.78. The molecule has 13 rings (SSSR count). The number of para-hydroxylation sites is 2. The summed E-state index contributed by atoms with van der Waals surface area (Å²) in [5.41, 5.74) is 15.4. The van der Waals surface area contributed by atoms with Gasteiger partial charge < -0.3 is 13.9 Å². The Morgan fingerprint density at radius 3 is 1.90 bits per heavy atom. The lowest BCUT2D eigenvalue weighted by Crippen LogP contribution is -2.16. The minimum atomic E-state index is -0.148. The summed E-state index contributed by atoms with van der Waals surface area (Å²) in [5, 5.41) is 9.59. The lowest BCUT2D eigenvalue weighted by molar-refractivity contribution is 0.660. The highest BCUT2D eigenvalue weighted by molar-refractivity contribution is 6.32. The average molecular weight is 795 g/mol. The maximum Gasteiger partial charge on any atom is 0.143 e. The number of anilines is 3. The molecule has 2 aliphatic carbocycles. The molecule has 9 aromatic carbocycles. The maximum atomic E-state index is 6.95. The van der Waals surface area contributed by atoms with Gasteiger partial charge in [0.25, 0.3) is 0 Å². The molecule has 1 atom stereocenters. The lowest BCUT2D eigenvalue weighted by atomic mass is 9.82. The molecule has 0 spiro atoms. The van der Waals surface area contributed by atoms with Gasteiger partial charge in [-0.2, -0.15) is 0 Å². The number of aromatic nitrogens is 1. The van der Waals surface area contributed by atoms with E-state index in [0.717, 1.165) is 50.8 Å². The van der Waals surface area contributed by atoms with Crippen LogP contribution in [0.2, 0.25) is 0 Å². The predicted octanol–water partition coefficient (Wildman–Crippen LogP) is 16.4. The normalized spacial score (nSPS) is 15.5. The second-order valence-electron chi connectivity index (χ2n) is 17.6. The number of fused-ring (bicyclic) bond motifs is 14. The van der Waals surface area contributed by atoms with E-state index in [4.69, 9.17) is 4.42 Å². The molecular formula is C59H42N2O. The molecule has 0 radical (unpaired) electrons. The number of nitrogens with zero attached hydrogens (tertiary/aromatic N) is 2. The quantitative estimate of drug-likeness (QED) is 0.162. The van der Waals surface area contributed by atoms with Crippen LogP contribution < -0.4 is 4.90 Å². The molecule has 2 aromatic heterocycles. The van der Waals surface area contributed by atoms with E-state index in [0.29, 0.717) is 0 Å². The van der Waals surface area contributed by atoms with Gasteiger partial charge >= 0.3 is 0 Å². The van der Waals surface area contributed by atoms with Crippen molar-refractivity contribution < 1.29 is 4.42 Å². The first-order valence-corrected chi connectivity index (χ1v) is 21.8. The average Bonchev–Trinajstić information content (AvgIpc) is 3.96. The third-order valence-electron chi connectivity index (χ3n) is 13.9. The fourth-order valence-corrected chi connectivity index (χ4v) is 11.1. The molecule has 3 heteroatoms. The van der Waals surface area contributed by atoms with Crippen LogP contribution in [-0.4, -0.2) is 4.57 Å². The molecule has 0 bridgehead atoms. The van der Waals surface area contributed by atoms with Crippen LogP contribution in [0.4, 0.5) is 17.1 Å². The van der Waals surface area contributed by atoms with E-state index in [9.17, 15) is 0 Å². The smallest absolute Gasteiger partial charge is 0.143 e. The van der Waals surface area contributed by atoms with Crippen LogP contribution in [-0.2, 0) is 5.41 Å². The molecule has 2 heterocycles. The van der Waals surface area contributed by atoms with E-state index in [1.54, 1.807) is 0 Å². The number of hydrogen-bond donors (Lipinski definition) is 0. The van der Waals surface area contributed by atoms with Crippen LogP contribution >= 0.6 is 0 Å². The summed E-state index contributed by atoms with van der Waals surface area (Å²) < 4.78 is 9.44. The molecule has 2 aliphatic rings. The van der Waals surface area contributed by atoms with Gasteiger partial charge in [0.2, 0.25) is 0 Å². The summed E-state index contributed by atoms with van der Waals surface area (Å²) in [4.78, 5) is 2.47. The zero-order valence-corrected chi connectivity index (χ0v) is 34.6. The van der Waals surface area contributed by atoms with Crippen molar-refractivity contribution in [2.45, 2.75) is 31.6 Å². The molecule has 0 saturated heterocycles. The van der Waals surface area contributed by atoms with Crippen molar-refractivity contribution in [3.63, 3.8) is 0 Å². The summed E-state index contributed by atoms with van der Waals surface area (Å²) >= 11 is 0.